The lowest BCUT2D eigenvalue weighted by molar-refractivity contribution is -0.122. The molecule has 2 rings (SSSR count). The number of nitrogens with zero attached hydrogens (tertiary/aromatic N) is 1. The number of likely N-dealkylation sites (tertiary alicyclic amines) is 1. The molecule has 1 amide bonds. The van der Waals surface area contributed by atoms with Gasteiger partial charge in [-0.1, -0.05) is 6.92 Å². The molecule has 4 nitrogen and oxygen atoms in total. The lowest BCUT2D eigenvalue weighted by atomic mass is 9.85. The number of carbonyl (C=O) groups is 1. The fourth-order valence-electron chi connectivity index (χ4n) is 3.35. The molecule has 0 aromatic carbocycles. The van der Waals surface area contributed by atoms with E-state index in [1.54, 1.807) is 0 Å². The summed E-state index contributed by atoms with van der Waals surface area (Å²) < 4.78 is 0. The van der Waals surface area contributed by atoms with E-state index in [0.717, 1.165) is 26.2 Å². The van der Waals surface area contributed by atoms with Crippen LogP contribution in [-0.4, -0.2) is 50.6 Å². The smallest absolute Gasteiger partial charge is 0.220 e. The second-order valence-corrected chi connectivity index (χ2v) is 6.51. The van der Waals surface area contributed by atoms with Crippen molar-refractivity contribution in [2.75, 3.05) is 39.8 Å². The molecule has 0 aromatic rings. The molecule has 0 saturated carbocycles. The van der Waals surface area contributed by atoms with E-state index in [-0.39, 0.29) is 5.91 Å². The summed E-state index contributed by atoms with van der Waals surface area (Å²) in [6.45, 7) is 7.61. The van der Waals surface area contributed by atoms with Crippen molar-refractivity contribution in [2.45, 2.75) is 32.6 Å². The average molecular weight is 267 g/mol. The molecule has 3 unspecified atom stereocenters. The van der Waals surface area contributed by atoms with Gasteiger partial charge in [0.1, 0.15) is 0 Å². The van der Waals surface area contributed by atoms with E-state index in [1.807, 2.05) is 0 Å². The Hall–Kier alpha value is -0.610. The molecule has 2 aliphatic rings. The summed E-state index contributed by atoms with van der Waals surface area (Å²) in [6.07, 6.45) is 4.44. The summed E-state index contributed by atoms with van der Waals surface area (Å²) in [5, 5.41) is 6.56. The van der Waals surface area contributed by atoms with Crippen molar-refractivity contribution in [3.05, 3.63) is 0 Å². The van der Waals surface area contributed by atoms with Gasteiger partial charge in [-0.2, -0.15) is 0 Å². The van der Waals surface area contributed by atoms with Crippen LogP contribution in [0, 0.1) is 17.8 Å². The summed E-state index contributed by atoms with van der Waals surface area (Å²) in [5.41, 5.74) is 0. The van der Waals surface area contributed by atoms with Crippen molar-refractivity contribution in [2.24, 2.45) is 17.8 Å². The SMILES string of the molecule is CC(CC(=O)NCC1CCN(C)C1)C1CCCNC1. The highest BCUT2D eigenvalue weighted by atomic mass is 16.1. The van der Waals surface area contributed by atoms with Gasteiger partial charge in [0.05, 0.1) is 0 Å². The van der Waals surface area contributed by atoms with E-state index < -0.39 is 0 Å². The van der Waals surface area contributed by atoms with Gasteiger partial charge in [-0.3, -0.25) is 4.79 Å². The second kappa shape index (κ2) is 7.25. The zero-order valence-corrected chi connectivity index (χ0v) is 12.5. The molecular formula is C15H29N3O. The minimum absolute atomic E-state index is 0.243. The number of amides is 1. The van der Waals surface area contributed by atoms with Crippen LogP contribution in [0.25, 0.3) is 0 Å². The van der Waals surface area contributed by atoms with Gasteiger partial charge in [-0.25, -0.2) is 0 Å². The van der Waals surface area contributed by atoms with Gasteiger partial charge >= 0.3 is 0 Å². The standard InChI is InChI=1S/C15H29N3O/c1-12(14-4-3-6-16-10-14)8-15(19)17-9-13-5-7-18(2)11-13/h12-14,16H,3-11H2,1-2H3,(H,17,19). The molecule has 4 heteroatoms. The Kier molecular flexibility index (Phi) is 5.64. The molecule has 0 radical (unpaired) electrons. The maximum atomic E-state index is 12.0. The lowest BCUT2D eigenvalue weighted by Crippen LogP contribution is -2.36. The van der Waals surface area contributed by atoms with Crippen LogP contribution in [-0.2, 0) is 4.79 Å². The number of piperidine rings is 1. The topological polar surface area (TPSA) is 44.4 Å². The van der Waals surface area contributed by atoms with Crippen LogP contribution in [0.2, 0.25) is 0 Å². The first kappa shape index (κ1) is 14.8. The van der Waals surface area contributed by atoms with Gasteiger partial charge in [0.25, 0.3) is 0 Å². The first-order valence-electron chi connectivity index (χ1n) is 7.81. The van der Waals surface area contributed by atoms with Crippen LogP contribution in [0.3, 0.4) is 0 Å². The molecule has 2 heterocycles. The molecule has 0 bridgehead atoms. The van der Waals surface area contributed by atoms with Crippen LogP contribution >= 0.6 is 0 Å². The van der Waals surface area contributed by atoms with Crippen molar-refractivity contribution in [1.82, 2.24) is 15.5 Å². The largest absolute Gasteiger partial charge is 0.356 e. The number of rotatable bonds is 5. The molecule has 110 valence electrons. The van der Waals surface area contributed by atoms with E-state index in [1.165, 1.54) is 25.8 Å². The Bertz CT molecular complexity index is 289. The maximum absolute atomic E-state index is 12.0. The fourth-order valence-corrected chi connectivity index (χ4v) is 3.35. The van der Waals surface area contributed by atoms with E-state index in [4.69, 9.17) is 0 Å². The number of hydrogen-bond acceptors (Lipinski definition) is 3. The van der Waals surface area contributed by atoms with Crippen LogP contribution in [0.5, 0.6) is 0 Å². The molecule has 2 saturated heterocycles. The molecule has 0 aromatic heterocycles. The van der Waals surface area contributed by atoms with Crippen molar-refractivity contribution < 1.29 is 4.79 Å². The lowest BCUT2D eigenvalue weighted by Gasteiger charge is -2.28. The molecule has 0 spiro atoms. The summed E-state index contributed by atoms with van der Waals surface area (Å²) in [6, 6.07) is 0. The van der Waals surface area contributed by atoms with Crippen LogP contribution < -0.4 is 10.6 Å². The van der Waals surface area contributed by atoms with E-state index >= 15 is 0 Å². The van der Waals surface area contributed by atoms with Gasteiger partial charge in [-0.15, -0.1) is 0 Å². The fraction of sp³-hybridized carbons (Fsp3) is 0.933. The highest BCUT2D eigenvalue weighted by Gasteiger charge is 2.23. The monoisotopic (exact) mass is 267 g/mol. The van der Waals surface area contributed by atoms with Crippen molar-refractivity contribution in [3.63, 3.8) is 0 Å². The van der Waals surface area contributed by atoms with Gasteiger partial charge in [0, 0.05) is 19.5 Å². The third-order valence-electron chi connectivity index (χ3n) is 4.72. The zero-order valence-electron chi connectivity index (χ0n) is 12.5. The minimum atomic E-state index is 0.243. The maximum Gasteiger partial charge on any atom is 0.220 e. The second-order valence-electron chi connectivity index (χ2n) is 6.51. The van der Waals surface area contributed by atoms with Gasteiger partial charge in [0.2, 0.25) is 5.91 Å². The van der Waals surface area contributed by atoms with Gasteiger partial charge < -0.3 is 15.5 Å². The number of hydrogen-bond donors (Lipinski definition) is 2. The number of nitrogens with one attached hydrogen (secondary N) is 2. The first-order valence-corrected chi connectivity index (χ1v) is 7.81. The molecule has 0 aliphatic carbocycles. The molecule has 3 atom stereocenters. The van der Waals surface area contributed by atoms with Crippen LogP contribution in [0.4, 0.5) is 0 Å². The van der Waals surface area contributed by atoms with E-state index in [9.17, 15) is 4.79 Å². The van der Waals surface area contributed by atoms with Crippen molar-refractivity contribution in [1.29, 1.82) is 0 Å². The molecule has 2 fully saturated rings. The quantitative estimate of drug-likeness (QED) is 0.783. The molecule has 2 aliphatic heterocycles. The van der Waals surface area contributed by atoms with Crippen LogP contribution in [0.1, 0.15) is 32.6 Å². The minimum Gasteiger partial charge on any atom is -0.356 e. The Balaban J connectivity index is 1.63. The predicted molar refractivity (Wildman–Crippen MR) is 78.0 cm³/mol. The normalized spacial score (nSPS) is 30.2. The van der Waals surface area contributed by atoms with Gasteiger partial charge in [-0.05, 0) is 63.7 Å². The highest BCUT2D eigenvalue weighted by Crippen LogP contribution is 2.22. The molecule has 2 N–H and O–H groups in total. The van der Waals surface area contributed by atoms with E-state index in [2.05, 4.69) is 29.5 Å². The predicted octanol–water partition coefficient (Wildman–Crippen LogP) is 1.08. The third kappa shape index (κ3) is 4.77. The Morgan fingerprint density at radius 2 is 2.32 bits per heavy atom. The number of carbonyl (C=O) groups excluding carboxylic acids is 1. The average Bonchev–Trinajstić information content (AvgIpc) is 2.83. The van der Waals surface area contributed by atoms with Crippen molar-refractivity contribution in [3.8, 4) is 0 Å². The van der Waals surface area contributed by atoms with Gasteiger partial charge in [0.15, 0.2) is 0 Å². The molecular weight excluding hydrogens is 238 g/mol. The first-order chi connectivity index (χ1) is 9.15. The Morgan fingerprint density at radius 1 is 1.47 bits per heavy atom. The van der Waals surface area contributed by atoms with E-state index in [0.29, 0.717) is 24.2 Å². The third-order valence-corrected chi connectivity index (χ3v) is 4.72. The zero-order chi connectivity index (χ0) is 13.7. The Morgan fingerprint density at radius 3 is 2.95 bits per heavy atom. The van der Waals surface area contributed by atoms with Crippen molar-refractivity contribution >= 4 is 5.91 Å². The highest BCUT2D eigenvalue weighted by molar-refractivity contribution is 5.76. The summed E-state index contributed by atoms with van der Waals surface area (Å²) in [7, 11) is 2.15. The van der Waals surface area contributed by atoms with Crippen LogP contribution in [0.15, 0.2) is 0 Å². The summed E-state index contributed by atoms with van der Waals surface area (Å²) in [5.74, 6) is 2.07. The molecule has 19 heavy (non-hydrogen) atoms. The summed E-state index contributed by atoms with van der Waals surface area (Å²) >= 11 is 0. The Labute approximate surface area is 117 Å². The summed E-state index contributed by atoms with van der Waals surface area (Å²) in [4.78, 5) is 14.3.